The molecule has 2 fully saturated rings. The maximum absolute atomic E-state index is 11.6. The van der Waals surface area contributed by atoms with E-state index in [4.69, 9.17) is 10.00 Å². The summed E-state index contributed by atoms with van der Waals surface area (Å²) in [6.07, 6.45) is 4.78. The first kappa shape index (κ1) is 10.5. The van der Waals surface area contributed by atoms with Crippen molar-refractivity contribution in [2.45, 2.75) is 32.6 Å². The number of ether oxygens (including phenoxy) is 1. The molecular weight excluding hydrogens is 190 g/mol. The fraction of sp³-hybridized carbons (Fsp3) is 0.833. The van der Waals surface area contributed by atoms with Crippen molar-refractivity contribution in [3.05, 3.63) is 0 Å². The first-order chi connectivity index (χ1) is 7.26. The molecule has 0 heterocycles. The van der Waals surface area contributed by atoms with Crippen molar-refractivity contribution in [2.24, 2.45) is 23.7 Å². The maximum atomic E-state index is 11.6. The van der Waals surface area contributed by atoms with Crippen LogP contribution >= 0.6 is 0 Å². The molecule has 15 heavy (non-hydrogen) atoms. The van der Waals surface area contributed by atoms with Crippen LogP contribution in [-0.4, -0.2) is 12.6 Å². The number of carbonyl (C=O) groups excluding carboxylic acids is 1. The van der Waals surface area contributed by atoms with Gasteiger partial charge in [-0.25, -0.2) is 0 Å². The number of esters is 1. The molecule has 0 amide bonds. The molecule has 2 saturated carbocycles. The second-order valence-corrected chi connectivity index (χ2v) is 4.70. The third-order valence-corrected chi connectivity index (χ3v) is 3.90. The van der Waals surface area contributed by atoms with Gasteiger partial charge in [0.25, 0.3) is 0 Å². The Kier molecular flexibility index (Phi) is 2.95. The Hall–Kier alpha value is -1.04. The molecule has 0 saturated heterocycles. The van der Waals surface area contributed by atoms with Crippen LogP contribution in [0.15, 0.2) is 0 Å². The van der Waals surface area contributed by atoms with Crippen molar-refractivity contribution >= 4 is 5.97 Å². The van der Waals surface area contributed by atoms with Crippen LogP contribution in [0.2, 0.25) is 0 Å². The molecule has 0 aromatic heterocycles. The van der Waals surface area contributed by atoms with Crippen LogP contribution in [0.5, 0.6) is 0 Å². The molecule has 0 aromatic carbocycles. The Morgan fingerprint density at radius 1 is 1.53 bits per heavy atom. The third kappa shape index (κ3) is 1.86. The average Bonchev–Trinajstić information content (AvgIpc) is 2.81. The number of rotatable bonds is 3. The standard InChI is InChI=1S/C12H17NO2/c1-2-15-12(14)11(7-13)10-6-8-3-4-9(10)5-8/h8-11H,2-6H2,1H3/t8-,9-,10-,11+/m1/s1. The number of hydrogen-bond donors (Lipinski definition) is 0. The Balaban J connectivity index is 2.02. The second-order valence-electron chi connectivity index (χ2n) is 4.70. The smallest absolute Gasteiger partial charge is 0.323 e. The van der Waals surface area contributed by atoms with Gasteiger partial charge in [-0.05, 0) is 43.9 Å². The fourth-order valence-electron chi connectivity index (χ4n) is 3.26. The normalized spacial score (nSPS) is 34.8. The Morgan fingerprint density at radius 2 is 2.33 bits per heavy atom. The van der Waals surface area contributed by atoms with E-state index in [1.807, 2.05) is 0 Å². The van der Waals surface area contributed by atoms with Gasteiger partial charge in [0, 0.05) is 0 Å². The monoisotopic (exact) mass is 207 g/mol. The van der Waals surface area contributed by atoms with Gasteiger partial charge in [0.1, 0.15) is 5.92 Å². The third-order valence-electron chi connectivity index (χ3n) is 3.90. The minimum Gasteiger partial charge on any atom is -0.465 e. The first-order valence-electron chi connectivity index (χ1n) is 5.82. The SMILES string of the molecule is CCOC(=O)[C@@H](C#N)[C@@H]1C[C@@H]2CC[C@@H]1C2. The Labute approximate surface area is 90.4 Å². The van der Waals surface area contributed by atoms with Crippen LogP contribution in [0.1, 0.15) is 32.6 Å². The molecule has 0 radical (unpaired) electrons. The van der Waals surface area contributed by atoms with Crippen molar-refractivity contribution in [3.63, 3.8) is 0 Å². The zero-order chi connectivity index (χ0) is 10.8. The van der Waals surface area contributed by atoms with Crippen molar-refractivity contribution in [1.29, 1.82) is 5.26 Å². The van der Waals surface area contributed by atoms with E-state index in [0.717, 1.165) is 12.3 Å². The molecule has 0 unspecified atom stereocenters. The molecule has 2 rings (SSSR count). The van der Waals surface area contributed by atoms with E-state index in [2.05, 4.69) is 6.07 Å². The van der Waals surface area contributed by atoms with Gasteiger partial charge in [0.2, 0.25) is 0 Å². The summed E-state index contributed by atoms with van der Waals surface area (Å²) in [5, 5.41) is 9.06. The molecule has 2 aliphatic carbocycles. The number of nitriles is 1. The highest BCUT2D eigenvalue weighted by Gasteiger charge is 2.45. The summed E-state index contributed by atoms with van der Waals surface area (Å²) in [5.41, 5.74) is 0. The number of nitrogens with zero attached hydrogens (tertiary/aromatic N) is 1. The van der Waals surface area contributed by atoms with Gasteiger partial charge in [0.15, 0.2) is 0 Å². The van der Waals surface area contributed by atoms with Crippen molar-refractivity contribution < 1.29 is 9.53 Å². The lowest BCUT2D eigenvalue weighted by Crippen LogP contribution is -2.28. The molecule has 3 nitrogen and oxygen atoms in total. The van der Waals surface area contributed by atoms with Crippen LogP contribution < -0.4 is 0 Å². The molecule has 2 aliphatic rings. The average molecular weight is 207 g/mol. The second kappa shape index (κ2) is 4.22. The predicted octanol–water partition coefficient (Wildman–Crippen LogP) is 2.13. The lowest BCUT2D eigenvalue weighted by Gasteiger charge is -2.24. The summed E-state index contributed by atoms with van der Waals surface area (Å²) >= 11 is 0. The summed E-state index contributed by atoms with van der Waals surface area (Å²) in [7, 11) is 0. The van der Waals surface area contributed by atoms with E-state index in [1.165, 1.54) is 19.3 Å². The molecule has 0 N–H and O–H groups in total. The van der Waals surface area contributed by atoms with Crippen LogP contribution in [-0.2, 0) is 9.53 Å². The van der Waals surface area contributed by atoms with E-state index >= 15 is 0 Å². The van der Waals surface area contributed by atoms with Crippen LogP contribution in [0, 0.1) is 35.0 Å². The van der Waals surface area contributed by atoms with E-state index in [9.17, 15) is 4.79 Å². The topological polar surface area (TPSA) is 50.1 Å². The van der Waals surface area contributed by atoms with E-state index < -0.39 is 5.92 Å². The van der Waals surface area contributed by atoms with Crippen molar-refractivity contribution in [3.8, 4) is 6.07 Å². The summed E-state index contributed by atoms with van der Waals surface area (Å²) in [4.78, 5) is 11.6. The number of carbonyl (C=O) groups is 1. The van der Waals surface area contributed by atoms with Crippen LogP contribution in [0.3, 0.4) is 0 Å². The lowest BCUT2D eigenvalue weighted by molar-refractivity contribution is -0.148. The summed E-state index contributed by atoms with van der Waals surface area (Å²) in [6, 6.07) is 2.14. The fourth-order valence-corrected chi connectivity index (χ4v) is 3.26. The van der Waals surface area contributed by atoms with Crippen LogP contribution in [0.25, 0.3) is 0 Å². The Morgan fingerprint density at radius 3 is 2.80 bits per heavy atom. The molecule has 0 spiro atoms. The first-order valence-corrected chi connectivity index (χ1v) is 5.82. The minimum atomic E-state index is -0.514. The quantitative estimate of drug-likeness (QED) is 0.666. The van der Waals surface area contributed by atoms with E-state index in [-0.39, 0.29) is 11.9 Å². The highest BCUT2D eigenvalue weighted by Crippen LogP contribution is 2.51. The lowest BCUT2D eigenvalue weighted by atomic mass is 9.80. The van der Waals surface area contributed by atoms with Crippen LogP contribution in [0.4, 0.5) is 0 Å². The highest BCUT2D eigenvalue weighted by atomic mass is 16.5. The minimum absolute atomic E-state index is 0.271. The molecular formula is C12H17NO2. The van der Waals surface area contributed by atoms with Crippen molar-refractivity contribution in [2.75, 3.05) is 6.61 Å². The zero-order valence-electron chi connectivity index (χ0n) is 9.11. The molecule has 0 aliphatic heterocycles. The summed E-state index contributed by atoms with van der Waals surface area (Å²) in [5.74, 6) is 0.819. The summed E-state index contributed by atoms with van der Waals surface area (Å²) in [6.45, 7) is 2.16. The van der Waals surface area contributed by atoms with Gasteiger partial charge in [-0.3, -0.25) is 4.79 Å². The van der Waals surface area contributed by atoms with E-state index in [0.29, 0.717) is 12.5 Å². The molecule has 3 heteroatoms. The summed E-state index contributed by atoms with van der Waals surface area (Å²) < 4.78 is 4.95. The molecule has 82 valence electrons. The van der Waals surface area contributed by atoms with Gasteiger partial charge in [-0.2, -0.15) is 5.26 Å². The van der Waals surface area contributed by atoms with Gasteiger partial charge in [-0.1, -0.05) is 6.42 Å². The molecule has 2 bridgehead atoms. The predicted molar refractivity (Wildman–Crippen MR) is 54.7 cm³/mol. The molecule has 4 atom stereocenters. The van der Waals surface area contributed by atoms with Gasteiger partial charge < -0.3 is 4.74 Å². The van der Waals surface area contributed by atoms with E-state index in [1.54, 1.807) is 6.92 Å². The largest absolute Gasteiger partial charge is 0.465 e. The van der Waals surface area contributed by atoms with Crippen molar-refractivity contribution in [1.82, 2.24) is 0 Å². The Bertz CT molecular complexity index is 294. The number of hydrogen-bond acceptors (Lipinski definition) is 3. The zero-order valence-corrected chi connectivity index (χ0v) is 9.11. The maximum Gasteiger partial charge on any atom is 0.323 e. The molecule has 0 aromatic rings. The van der Waals surface area contributed by atoms with Gasteiger partial charge in [-0.15, -0.1) is 0 Å². The highest BCUT2D eigenvalue weighted by molar-refractivity contribution is 5.75. The number of fused-ring (bicyclic) bond motifs is 2. The van der Waals surface area contributed by atoms with Gasteiger partial charge >= 0.3 is 5.97 Å². The van der Waals surface area contributed by atoms with Gasteiger partial charge in [0.05, 0.1) is 12.7 Å².